The molecule has 15 nitrogen and oxygen atoms in total. The van der Waals surface area contributed by atoms with E-state index in [9.17, 15) is 45.3 Å². The number of aliphatic hydroxyl groups excluding tert-OH is 7. The third-order valence-electron chi connectivity index (χ3n) is 10.5. The maximum Gasteiger partial charge on any atom is 0.306 e. The lowest BCUT2D eigenvalue weighted by molar-refractivity contribution is -0.332. The van der Waals surface area contributed by atoms with E-state index in [1.807, 2.05) is 0 Å². The quantitative estimate of drug-likeness (QED) is 0.0290. The number of allylic oxidation sites excluding steroid dienone is 2. The molecule has 2 rings (SSSR count). The van der Waals surface area contributed by atoms with Crippen LogP contribution >= 0.6 is 0 Å². The van der Waals surface area contributed by atoms with Crippen LogP contribution in [-0.2, 0) is 38.0 Å². The molecule has 0 radical (unpaired) electrons. The molecule has 0 aromatic rings. The van der Waals surface area contributed by atoms with Crippen molar-refractivity contribution in [1.82, 2.24) is 0 Å². The molecule has 0 bridgehead atoms. The number of esters is 2. The van der Waals surface area contributed by atoms with Gasteiger partial charge in [0.05, 0.1) is 19.8 Å². The summed E-state index contributed by atoms with van der Waals surface area (Å²) in [6.45, 7) is 2.42. The molecule has 0 spiro atoms. The second-order valence-electron chi connectivity index (χ2n) is 15.5. The Labute approximate surface area is 340 Å². The molecule has 2 saturated heterocycles. The van der Waals surface area contributed by atoms with E-state index in [0.29, 0.717) is 12.8 Å². The Kier molecular flexibility index (Phi) is 28.1. The standard InChI is InChI=1S/C42H76O15/c1-3-5-7-9-10-11-12-13-14-15-16-17-18-19-20-21-23-25-34(45)55-30(27-52-33(44)24-22-8-6-4-2)28-53-41-40(51)38(49)36(47)32(57-41)29-54-42-39(50)37(48)35(46)31(26-43)56-42/h13-14,30-32,35-43,46-51H,3-12,15-29H2,1-2H3/b14-13-. The monoisotopic (exact) mass is 821 g/mol. The summed E-state index contributed by atoms with van der Waals surface area (Å²) >= 11 is 0. The van der Waals surface area contributed by atoms with Gasteiger partial charge in [0.25, 0.3) is 0 Å². The summed E-state index contributed by atoms with van der Waals surface area (Å²) in [5.74, 6) is -0.948. The summed E-state index contributed by atoms with van der Waals surface area (Å²) < 4.78 is 33.2. The zero-order valence-corrected chi connectivity index (χ0v) is 34.6. The molecule has 0 amide bonds. The summed E-state index contributed by atoms with van der Waals surface area (Å²) in [4.78, 5) is 25.2. The molecule has 0 aliphatic carbocycles. The SMILES string of the molecule is CCCCCCCC/C=C\CCCCCCCCCC(=O)OC(COC(=O)CCCCCC)COC1OC(COC2OC(CO)C(O)C(O)C2O)C(O)C(O)C1O. The zero-order valence-electron chi connectivity index (χ0n) is 34.6. The van der Waals surface area contributed by atoms with Gasteiger partial charge in [0.1, 0.15) is 55.4 Å². The highest BCUT2D eigenvalue weighted by Gasteiger charge is 2.47. The molecule has 0 aromatic heterocycles. The second-order valence-corrected chi connectivity index (χ2v) is 15.5. The zero-order chi connectivity index (χ0) is 41.8. The van der Waals surface area contributed by atoms with E-state index >= 15 is 0 Å². The minimum Gasteiger partial charge on any atom is -0.462 e. The van der Waals surface area contributed by atoms with Crippen LogP contribution < -0.4 is 0 Å². The van der Waals surface area contributed by atoms with E-state index in [0.717, 1.165) is 51.4 Å². The Morgan fingerprint density at radius 3 is 1.56 bits per heavy atom. The van der Waals surface area contributed by atoms with Crippen LogP contribution in [-0.4, -0.2) is 142 Å². The van der Waals surface area contributed by atoms with Gasteiger partial charge in [-0.25, -0.2) is 0 Å². The Bertz CT molecular complexity index is 1060. The van der Waals surface area contributed by atoms with Crippen molar-refractivity contribution in [3.05, 3.63) is 12.2 Å². The van der Waals surface area contributed by atoms with E-state index in [1.165, 1.54) is 57.8 Å². The molecule has 0 saturated carbocycles. The first kappa shape index (κ1) is 51.4. The van der Waals surface area contributed by atoms with Gasteiger partial charge in [0.15, 0.2) is 18.7 Å². The first-order valence-corrected chi connectivity index (χ1v) is 21.8. The summed E-state index contributed by atoms with van der Waals surface area (Å²) in [6, 6.07) is 0. The summed E-state index contributed by atoms with van der Waals surface area (Å²) in [5, 5.41) is 71.5. The lowest BCUT2D eigenvalue weighted by Gasteiger charge is -2.42. The number of carbonyl (C=O) groups is 2. The molecule has 2 aliphatic rings. The first-order valence-electron chi connectivity index (χ1n) is 21.8. The molecule has 11 unspecified atom stereocenters. The van der Waals surface area contributed by atoms with E-state index in [-0.39, 0.29) is 26.1 Å². The predicted octanol–water partition coefficient (Wildman–Crippen LogP) is 3.87. The smallest absolute Gasteiger partial charge is 0.306 e. The van der Waals surface area contributed by atoms with E-state index in [2.05, 4.69) is 26.0 Å². The highest BCUT2D eigenvalue weighted by atomic mass is 16.7. The number of aliphatic hydroxyl groups is 7. The number of rotatable bonds is 32. The molecule has 57 heavy (non-hydrogen) atoms. The van der Waals surface area contributed by atoms with Crippen molar-refractivity contribution < 1.29 is 73.8 Å². The molecule has 2 aliphatic heterocycles. The van der Waals surface area contributed by atoms with Crippen molar-refractivity contribution in [2.75, 3.05) is 26.4 Å². The Balaban J connectivity index is 1.79. The average Bonchev–Trinajstić information content (AvgIpc) is 3.20. The number of ether oxygens (including phenoxy) is 6. The fourth-order valence-electron chi connectivity index (χ4n) is 6.80. The van der Waals surface area contributed by atoms with Crippen molar-refractivity contribution in [1.29, 1.82) is 0 Å². The Morgan fingerprint density at radius 2 is 1.00 bits per heavy atom. The number of hydrogen-bond donors (Lipinski definition) is 7. The van der Waals surface area contributed by atoms with Crippen molar-refractivity contribution in [2.45, 2.75) is 216 Å². The van der Waals surface area contributed by atoms with Crippen molar-refractivity contribution in [3.8, 4) is 0 Å². The van der Waals surface area contributed by atoms with Gasteiger partial charge in [0.2, 0.25) is 0 Å². The minimum atomic E-state index is -1.76. The fourth-order valence-corrected chi connectivity index (χ4v) is 6.80. The Morgan fingerprint density at radius 1 is 0.544 bits per heavy atom. The van der Waals surface area contributed by atoms with Crippen molar-refractivity contribution in [2.24, 2.45) is 0 Å². The molecular formula is C42H76O15. The maximum atomic E-state index is 12.8. The predicted molar refractivity (Wildman–Crippen MR) is 211 cm³/mol. The van der Waals surface area contributed by atoms with Crippen LogP contribution in [0.4, 0.5) is 0 Å². The van der Waals surface area contributed by atoms with Gasteiger partial charge in [-0.05, 0) is 38.5 Å². The third-order valence-corrected chi connectivity index (χ3v) is 10.5. The molecule has 0 aromatic carbocycles. The van der Waals surface area contributed by atoms with Crippen LogP contribution in [0.25, 0.3) is 0 Å². The van der Waals surface area contributed by atoms with E-state index < -0.39 is 92.7 Å². The van der Waals surface area contributed by atoms with Gasteiger partial charge in [-0.3, -0.25) is 9.59 Å². The molecular weight excluding hydrogens is 744 g/mol. The molecule has 11 atom stereocenters. The van der Waals surface area contributed by atoms with Crippen LogP contribution in [0.5, 0.6) is 0 Å². The summed E-state index contributed by atoms with van der Waals surface area (Å²) in [7, 11) is 0. The highest BCUT2D eigenvalue weighted by Crippen LogP contribution is 2.26. The first-order chi connectivity index (χ1) is 27.5. The van der Waals surface area contributed by atoms with Crippen LogP contribution in [0, 0.1) is 0 Å². The molecule has 2 fully saturated rings. The summed E-state index contributed by atoms with van der Waals surface area (Å²) in [5.41, 5.74) is 0. The van der Waals surface area contributed by atoms with Crippen LogP contribution in [0.15, 0.2) is 12.2 Å². The topological polar surface area (TPSA) is 231 Å². The van der Waals surface area contributed by atoms with Crippen molar-refractivity contribution in [3.63, 3.8) is 0 Å². The Hall–Kier alpha value is -1.76. The molecule has 7 N–H and O–H groups in total. The van der Waals surface area contributed by atoms with Crippen LogP contribution in [0.2, 0.25) is 0 Å². The largest absolute Gasteiger partial charge is 0.462 e. The van der Waals surface area contributed by atoms with Gasteiger partial charge in [-0.1, -0.05) is 109 Å². The fraction of sp³-hybridized carbons (Fsp3) is 0.905. The van der Waals surface area contributed by atoms with Crippen LogP contribution in [0.3, 0.4) is 0 Å². The normalized spacial score (nSPS) is 28.4. The van der Waals surface area contributed by atoms with Gasteiger partial charge in [-0.15, -0.1) is 0 Å². The van der Waals surface area contributed by atoms with Gasteiger partial charge in [-0.2, -0.15) is 0 Å². The van der Waals surface area contributed by atoms with Gasteiger partial charge >= 0.3 is 11.9 Å². The number of carbonyl (C=O) groups excluding carboxylic acids is 2. The molecule has 15 heteroatoms. The average molecular weight is 821 g/mol. The number of hydrogen-bond acceptors (Lipinski definition) is 15. The number of unbranched alkanes of at least 4 members (excludes halogenated alkanes) is 16. The second kappa shape index (κ2) is 31.2. The molecule has 2 heterocycles. The van der Waals surface area contributed by atoms with Gasteiger partial charge < -0.3 is 64.2 Å². The minimum absolute atomic E-state index is 0.162. The van der Waals surface area contributed by atoms with E-state index in [4.69, 9.17) is 28.4 Å². The maximum absolute atomic E-state index is 12.8. The van der Waals surface area contributed by atoms with Crippen LogP contribution in [0.1, 0.15) is 149 Å². The van der Waals surface area contributed by atoms with E-state index in [1.54, 1.807) is 0 Å². The van der Waals surface area contributed by atoms with Crippen molar-refractivity contribution >= 4 is 11.9 Å². The third kappa shape index (κ3) is 20.9. The lowest BCUT2D eigenvalue weighted by atomic mass is 9.98. The lowest BCUT2D eigenvalue weighted by Crippen LogP contribution is -2.61. The molecule has 334 valence electrons. The highest BCUT2D eigenvalue weighted by molar-refractivity contribution is 5.70. The van der Waals surface area contributed by atoms with Gasteiger partial charge in [0, 0.05) is 12.8 Å². The summed E-state index contributed by atoms with van der Waals surface area (Å²) in [6.07, 6.45) is 9.07.